The number of aryl methyl sites for hydroxylation is 1. The van der Waals surface area contributed by atoms with Gasteiger partial charge in [0.25, 0.3) is 0 Å². The quantitative estimate of drug-likeness (QED) is 0.912. The van der Waals surface area contributed by atoms with Gasteiger partial charge in [-0.05, 0) is 12.8 Å². The van der Waals surface area contributed by atoms with Crippen LogP contribution < -0.4 is 0 Å². The van der Waals surface area contributed by atoms with Crippen molar-refractivity contribution in [2.45, 2.75) is 32.1 Å². The lowest BCUT2D eigenvalue weighted by molar-refractivity contribution is -0.148. The van der Waals surface area contributed by atoms with E-state index in [-0.39, 0.29) is 0 Å². The molecule has 0 unspecified atom stereocenters. The highest BCUT2D eigenvalue weighted by molar-refractivity contribution is 5.75. The van der Waals surface area contributed by atoms with Crippen molar-refractivity contribution in [1.82, 2.24) is 19.9 Å². The van der Waals surface area contributed by atoms with E-state index in [0.717, 1.165) is 18.4 Å². The molecule has 0 amide bonds. The van der Waals surface area contributed by atoms with E-state index in [1.165, 1.54) is 0 Å². The van der Waals surface area contributed by atoms with Gasteiger partial charge in [-0.3, -0.25) is 9.48 Å². The Kier molecular flexibility index (Phi) is 3.04. The molecule has 3 rings (SSSR count). The molecule has 0 radical (unpaired) electrons. The predicted octanol–water partition coefficient (Wildman–Crippen LogP) is 1.66. The molecule has 1 aliphatic carbocycles. The van der Waals surface area contributed by atoms with Gasteiger partial charge in [-0.25, -0.2) is 0 Å². The lowest BCUT2D eigenvalue weighted by Gasteiger charge is -2.21. The summed E-state index contributed by atoms with van der Waals surface area (Å²) in [4.78, 5) is 15.8. The van der Waals surface area contributed by atoms with Gasteiger partial charge in [0, 0.05) is 19.7 Å². The highest BCUT2D eigenvalue weighted by atomic mass is 16.5. The maximum absolute atomic E-state index is 11.5. The lowest BCUT2D eigenvalue weighted by Crippen LogP contribution is -2.30. The van der Waals surface area contributed by atoms with Crippen molar-refractivity contribution >= 4 is 5.97 Å². The summed E-state index contributed by atoms with van der Waals surface area (Å²) in [5, 5.41) is 17.4. The molecule has 1 fully saturated rings. The van der Waals surface area contributed by atoms with Gasteiger partial charge in [-0.2, -0.15) is 10.1 Å². The minimum atomic E-state index is -0.767. The standard InChI is InChI=1S/C13H16N4O3/c1-17-8-9(7-14-17)11-15-10(20-16-11)6-13(12(18)19)4-2-3-5-13/h7-8H,2-6H2,1H3,(H,18,19). The molecule has 2 heterocycles. The van der Waals surface area contributed by atoms with Crippen LogP contribution in [0.15, 0.2) is 16.9 Å². The third-order valence-electron chi connectivity index (χ3n) is 3.94. The Hall–Kier alpha value is -2.18. The van der Waals surface area contributed by atoms with E-state index in [2.05, 4.69) is 15.2 Å². The van der Waals surface area contributed by atoms with E-state index in [4.69, 9.17) is 4.52 Å². The van der Waals surface area contributed by atoms with Gasteiger partial charge < -0.3 is 9.63 Å². The van der Waals surface area contributed by atoms with Gasteiger partial charge >= 0.3 is 5.97 Å². The first-order valence-corrected chi connectivity index (χ1v) is 6.64. The summed E-state index contributed by atoms with van der Waals surface area (Å²) in [6.07, 6.45) is 6.97. The Morgan fingerprint density at radius 3 is 2.85 bits per heavy atom. The number of carboxylic acid groups (broad SMARTS) is 1. The monoisotopic (exact) mass is 276 g/mol. The Labute approximate surface area is 115 Å². The first kappa shape index (κ1) is 12.8. The maximum Gasteiger partial charge on any atom is 0.310 e. The zero-order valence-electron chi connectivity index (χ0n) is 11.2. The van der Waals surface area contributed by atoms with Gasteiger partial charge in [-0.1, -0.05) is 18.0 Å². The van der Waals surface area contributed by atoms with Crippen LogP contribution in [-0.2, 0) is 18.3 Å². The SMILES string of the molecule is Cn1cc(-c2noc(CC3(C(=O)O)CCCC3)n2)cn1. The Balaban J connectivity index is 1.82. The van der Waals surface area contributed by atoms with E-state index < -0.39 is 11.4 Å². The summed E-state index contributed by atoms with van der Waals surface area (Å²) in [5.74, 6) is 0.0657. The first-order chi connectivity index (χ1) is 9.59. The van der Waals surface area contributed by atoms with Crippen molar-refractivity contribution in [3.05, 3.63) is 18.3 Å². The van der Waals surface area contributed by atoms with Crippen molar-refractivity contribution in [2.75, 3.05) is 0 Å². The highest BCUT2D eigenvalue weighted by Gasteiger charge is 2.42. The van der Waals surface area contributed by atoms with Crippen LogP contribution in [0.2, 0.25) is 0 Å². The van der Waals surface area contributed by atoms with Crippen molar-refractivity contribution in [1.29, 1.82) is 0 Å². The number of carboxylic acids is 1. The molecule has 2 aromatic rings. The molecule has 106 valence electrons. The molecule has 0 aliphatic heterocycles. The second-order valence-corrected chi connectivity index (χ2v) is 5.38. The van der Waals surface area contributed by atoms with E-state index in [1.807, 2.05) is 7.05 Å². The molecule has 20 heavy (non-hydrogen) atoms. The fraction of sp³-hybridized carbons (Fsp3) is 0.538. The molecule has 7 nitrogen and oxygen atoms in total. The van der Waals surface area contributed by atoms with Crippen LogP contribution in [0.5, 0.6) is 0 Å². The highest BCUT2D eigenvalue weighted by Crippen LogP contribution is 2.41. The van der Waals surface area contributed by atoms with Gasteiger partial charge in [0.15, 0.2) is 0 Å². The smallest absolute Gasteiger partial charge is 0.310 e. The zero-order chi connectivity index (χ0) is 14.2. The van der Waals surface area contributed by atoms with Crippen LogP contribution in [-0.4, -0.2) is 31.0 Å². The normalized spacial score (nSPS) is 17.4. The predicted molar refractivity (Wildman–Crippen MR) is 68.7 cm³/mol. The third-order valence-corrected chi connectivity index (χ3v) is 3.94. The molecule has 1 saturated carbocycles. The van der Waals surface area contributed by atoms with Crippen LogP contribution >= 0.6 is 0 Å². The largest absolute Gasteiger partial charge is 0.481 e. The Bertz CT molecular complexity index is 625. The number of aliphatic carboxylic acids is 1. The Morgan fingerprint density at radius 2 is 2.25 bits per heavy atom. The number of hydrogen-bond donors (Lipinski definition) is 1. The minimum Gasteiger partial charge on any atom is -0.481 e. The summed E-state index contributed by atoms with van der Waals surface area (Å²) >= 11 is 0. The minimum absolute atomic E-state index is 0.301. The first-order valence-electron chi connectivity index (χ1n) is 6.64. The number of nitrogens with zero attached hydrogens (tertiary/aromatic N) is 4. The van der Waals surface area contributed by atoms with Gasteiger partial charge in [-0.15, -0.1) is 0 Å². The second kappa shape index (κ2) is 4.73. The summed E-state index contributed by atoms with van der Waals surface area (Å²) in [6, 6.07) is 0. The number of hydrogen-bond acceptors (Lipinski definition) is 5. The fourth-order valence-corrected chi connectivity index (χ4v) is 2.79. The number of aromatic nitrogens is 4. The second-order valence-electron chi connectivity index (χ2n) is 5.38. The van der Waals surface area contributed by atoms with Crippen LogP contribution in [0.25, 0.3) is 11.4 Å². The van der Waals surface area contributed by atoms with Crippen molar-refractivity contribution < 1.29 is 14.4 Å². The molecule has 1 N–H and O–H groups in total. The van der Waals surface area contributed by atoms with E-state index >= 15 is 0 Å². The van der Waals surface area contributed by atoms with Crippen molar-refractivity contribution in [3.8, 4) is 11.4 Å². The van der Waals surface area contributed by atoms with E-state index in [9.17, 15) is 9.90 Å². The molecule has 1 aliphatic rings. The van der Waals surface area contributed by atoms with Crippen LogP contribution in [0.1, 0.15) is 31.6 Å². The molecule has 0 spiro atoms. The molecule has 7 heteroatoms. The van der Waals surface area contributed by atoms with E-state index in [1.54, 1.807) is 17.1 Å². The topological polar surface area (TPSA) is 94.0 Å². The van der Waals surface area contributed by atoms with Crippen LogP contribution in [0, 0.1) is 5.41 Å². The van der Waals surface area contributed by atoms with E-state index in [0.29, 0.717) is 31.0 Å². The van der Waals surface area contributed by atoms with Gasteiger partial charge in [0.05, 0.1) is 17.2 Å². The molecular formula is C13H16N4O3. The molecule has 2 aromatic heterocycles. The average Bonchev–Trinajstić information content (AvgIpc) is 3.10. The number of carbonyl (C=O) groups is 1. The Morgan fingerprint density at radius 1 is 1.50 bits per heavy atom. The average molecular weight is 276 g/mol. The molecular weight excluding hydrogens is 260 g/mol. The molecule has 0 aromatic carbocycles. The fourth-order valence-electron chi connectivity index (χ4n) is 2.79. The summed E-state index contributed by atoms with van der Waals surface area (Å²) < 4.78 is 6.86. The van der Waals surface area contributed by atoms with Crippen molar-refractivity contribution in [2.24, 2.45) is 12.5 Å². The van der Waals surface area contributed by atoms with Crippen LogP contribution in [0.3, 0.4) is 0 Å². The van der Waals surface area contributed by atoms with Crippen LogP contribution in [0.4, 0.5) is 0 Å². The number of rotatable bonds is 4. The molecule has 0 saturated heterocycles. The summed E-state index contributed by atoms with van der Waals surface area (Å²) in [5.41, 5.74) is 0.0250. The van der Waals surface area contributed by atoms with Gasteiger partial charge in [0.2, 0.25) is 11.7 Å². The van der Waals surface area contributed by atoms with Crippen molar-refractivity contribution in [3.63, 3.8) is 0 Å². The van der Waals surface area contributed by atoms with Gasteiger partial charge in [0.1, 0.15) is 0 Å². The summed E-state index contributed by atoms with van der Waals surface area (Å²) in [6.45, 7) is 0. The molecule has 0 bridgehead atoms. The molecule has 0 atom stereocenters. The summed E-state index contributed by atoms with van der Waals surface area (Å²) in [7, 11) is 1.81. The maximum atomic E-state index is 11.5. The third kappa shape index (κ3) is 2.19. The zero-order valence-corrected chi connectivity index (χ0v) is 11.2. The lowest BCUT2D eigenvalue weighted by atomic mass is 9.83.